The van der Waals surface area contributed by atoms with Gasteiger partial charge in [0.05, 0.1) is 5.39 Å². The number of imidazole rings is 1. The fourth-order valence-corrected chi connectivity index (χ4v) is 2.82. The molecule has 0 fully saturated rings. The van der Waals surface area contributed by atoms with E-state index in [0.717, 1.165) is 19.2 Å². The molecule has 1 aromatic carbocycles. The summed E-state index contributed by atoms with van der Waals surface area (Å²) in [6, 6.07) is 6.86. The van der Waals surface area contributed by atoms with Crippen molar-refractivity contribution >= 4 is 22.0 Å². The molecule has 0 aliphatic rings. The second-order valence-electron chi connectivity index (χ2n) is 5.61. The van der Waals surface area contributed by atoms with E-state index in [9.17, 15) is 22.4 Å². The van der Waals surface area contributed by atoms with Crippen LogP contribution < -0.4 is 5.43 Å². The van der Waals surface area contributed by atoms with E-state index in [1.807, 2.05) is 0 Å². The molecule has 0 spiro atoms. The number of nitrogens with zero attached hydrogens (tertiary/aromatic N) is 3. The molecule has 0 atom stereocenters. The minimum atomic E-state index is -4.79. The zero-order chi connectivity index (χ0) is 18.6. The summed E-state index contributed by atoms with van der Waals surface area (Å²) in [6.45, 7) is 0. The maximum Gasteiger partial charge on any atom is 0.449 e. The highest BCUT2D eigenvalue weighted by molar-refractivity contribution is 6.01. The van der Waals surface area contributed by atoms with Gasteiger partial charge in [0.15, 0.2) is 22.6 Å². The van der Waals surface area contributed by atoms with Gasteiger partial charge in [-0.3, -0.25) is 9.78 Å². The van der Waals surface area contributed by atoms with Crippen molar-refractivity contribution in [2.45, 2.75) is 6.18 Å². The molecule has 0 amide bonds. The van der Waals surface area contributed by atoms with Crippen molar-refractivity contribution in [1.82, 2.24) is 14.5 Å². The number of hydrogen-bond donors (Lipinski definition) is 0. The average molecular weight is 363 g/mol. The van der Waals surface area contributed by atoms with Crippen molar-refractivity contribution in [3.63, 3.8) is 0 Å². The number of benzene rings is 1. The van der Waals surface area contributed by atoms with Gasteiger partial charge in [-0.05, 0) is 18.2 Å². The highest BCUT2D eigenvalue weighted by atomic mass is 19.4. The highest BCUT2D eigenvalue weighted by Crippen LogP contribution is 2.35. The number of aromatic nitrogens is 3. The maximum absolute atomic E-state index is 14.3. The lowest BCUT2D eigenvalue weighted by atomic mass is 10.1. The third-order valence-corrected chi connectivity index (χ3v) is 3.96. The van der Waals surface area contributed by atoms with Gasteiger partial charge in [-0.25, -0.2) is 9.37 Å². The van der Waals surface area contributed by atoms with Gasteiger partial charge in [-0.15, -0.1) is 0 Å². The minimum Gasteiger partial charge on any atom is -0.452 e. The zero-order valence-corrected chi connectivity index (χ0v) is 13.1. The topological polar surface area (TPSA) is 60.9 Å². The summed E-state index contributed by atoms with van der Waals surface area (Å²) in [5, 5.41) is -0.175. The molecule has 3 heterocycles. The molecule has 0 radical (unpaired) electrons. The molecule has 0 N–H and O–H groups in total. The highest BCUT2D eigenvalue weighted by Gasteiger charge is 2.38. The Kier molecular flexibility index (Phi) is 3.36. The van der Waals surface area contributed by atoms with E-state index in [-0.39, 0.29) is 22.2 Å². The van der Waals surface area contributed by atoms with E-state index >= 15 is 0 Å². The van der Waals surface area contributed by atoms with Crippen LogP contribution in [0, 0.1) is 5.82 Å². The van der Waals surface area contributed by atoms with E-state index in [0.29, 0.717) is 10.3 Å². The molecular weight excluding hydrogens is 354 g/mol. The summed E-state index contributed by atoms with van der Waals surface area (Å²) < 4.78 is 60.0. The number of pyridine rings is 1. The molecule has 4 aromatic rings. The largest absolute Gasteiger partial charge is 0.452 e. The Bertz CT molecular complexity index is 1210. The van der Waals surface area contributed by atoms with E-state index in [1.54, 1.807) is 18.2 Å². The molecule has 132 valence electrons. The minimum absolute atomic E-state index is 0.0609. The maximum atomic E-state index is 14.3. The first-order valence-corrected chi connectivity index (χ1v) is 7.39. The predicted octanol–water partition coefficient (Wildman–Crippen LogP) is 3.90. The first-order chi connectivity index (χ1) is 12.3. The summed E-state index contributed by atoms with van der Waals surface area (Å²) in [4.78, 5) is 19.8. The summed E-state index contributed by atoms with van der Waals surface area (Å²) in [5.74, 6) is -2.26. The van der Waals surface area contributed by atoms with Crippen LogP contribution in [0.5, 0.6) is 0 Å². The molecule has 0 saturated carbocycles. The number of aryl methyl sites for hydroxylation is 1. The Labute approximate surface area is 142 Å². The first kappa shape index (κ1) is 16.2. The Morgan fingerprint density at radius 1 is 1.19 bits per heavy atom. The van der Waals surface area contributed by atoms with E-state index < -0.39 is 28.8 Å². The van der Waals surface area contributed by atoms with E-state index in [1.165, 1.54) is 6.20 Å². The monoisotopic (exact) mass is 363 g/mol. The number of alkyl halides is 3. The lowest BCUT2D eigenvalue weighted by Gasteiger charge is -2.07. The van der Waals surface area contributed by atoms with Gasteiger partial charge in [0, 0.05) is 19.3 Å². The molecule has 0 unspecified atom stereocenters. The zero-order valence-electron chi connectivity index (χ0n) is 13.1. The van der Waals surface area contributed by atoms with E-state index in [2.05, 4.69) is 9.97 Å². The average Bonchev–Trinajstić information content (AvgIpc) is 2.95. The van der Waals surface area contributed by atoms with Crippen LogP contribution in [0.4, 0.5) is 17.6 Å². The quantitative estimate of drug-likeness (QED) is 0.481. The third kappa shape index (κ3) is 2.35. The van der Waals surface area contributed by atoms with Crippen LogP contribution in [-0.2, 0) is 13.2 Å². The normalized spacial score (nSPS) is 12.2. The smallest absolute Gasteiger partial charge is 0.449 e. The molecule has 3 aromatic heterocycles. The van der Waals surface area contributed by atoms with Gasteiger partial charge in [-0.1, -0.05) is 6.07 Å². The number of hydrogen-bond acceptors (Lipinski definition) is 4. The Hall–Kier alpha value is -3.23. The first-order valence-electron chi connectivity index (χ1n) is 7.39. The number of fused-ring (bicyclic) bond motifs is 3. The SMILES string of the molecule is Cn1c(C(F)(F)F)nc2c(F)cc3c(=O)cc(-c4ccccn4)oc3c21. The predicted molar refractivity (Wildman–Crippen MR) is 84.9 cm³/mol. The van der Waals surface area contributed by atoms with E-state index in [4.69, 9.17) is 4.42 Å². The summed E-state index contributed by atoms with van der Waals surface area (Å²) in [6.07, 6.45) is -3.31. The third-order valence-electron chi connectivity index (χ3n) is 3.96. The number of rotatable bonds is 1. The van der Waals surface area contributed by atoms with Crippen LogP contribution in [-0.4, -0.2) is 14.5 Å². The molecule has 0 saturated heterocycles. The second-order valence-corrected chi connectivity index (χ2v) is 5.61. The van der Waals surface area contributed by atoms with Crippen molar-refractivity contribution in [2.75, 3.05) is 0 Å². The Morgan fingerprint density at radius 2 is 1.96 bits per heavy atom. The molecule has 4 rings (SSSR count). The summed E-state index contributed by atoms with van der Waals surface area (Å²) in [7, 11) is 1.09. The van der Waals surface area contributed by atoms with Crippen molar-refractivity contribution < 1.29 is 22.0 Å². The van der Waals surface area contributed by atoms with Crippen molar-refractivity contribution in [3.8, 4) is 11.5 Å². The van der Waals surface area contributed by atoms with Crippen molar-refractivity contribution in [2.24, 2.45) is 7.05 Å². The van der Waals surface area contributed by atoms with Crippen LogP contribution in [0.2, 0.25) is 0 Å². The molecule has 5 nitrogen and oxygen atoms in total. The summed E-state index contributed by atoms with van der Waals surface area (Å²) in [5.41, 5.74) is -1.22. The molecule has 0 bridgehead atoms. The van der Waals surface area contributed by atoms with Gasteiger partial charge < -0.3 is 8.98 Å². The molecule has 0 aliphatic heterocycles. The Balaban J connectivity index is 2.16. The molecular formula is C17H9F4N3O2. The van der Waals surface area contributed by atoms with Gasteiger partial charge in [-0.2, -0.15) is 13.2 Å². The number of halogens is 4. The lowest BCUT2D eigenvalue weighted by Crippen LogP contribution is -2.12. The van der Waals surface area contributed by atoms with Gasteiger partial charge in [0.2, 0.25) is 5.82 Å². The molecule has 0 aliphatic carbocycles. The second kappa shape index (κ2) is 5.38. The van der Waals surface area contributed by atoms with Gasteiger partial charge >= 0.3 is 6.18 Å². The fourth-order valence-electron chi connectivity index (χ4n) is 2.82. The molecule has 26 heavy (non-hydrogen) atoms. The Morgan fingerprint density at radius 3 is 2.62 bits per heavy atom. The van der Waals surface area contributed by atoms with Crippen LogP contribution in [0.3, 0.4) is 0 Å². The van der Waals surface area contributed by atoms with Crippen LogP contribution in [0.1, 0.15) is 5.82 Å². The van der Waals surface area contributed by atoms with Crippen LogP contribution in [0.25, 0.3) is 33.5 Å². The van der Waals surface area contributed by atoms with Crippen LogP contribution >= 0.6 is 0 Å². The van der Waals surface area contributed by atoms with Gasteiger partial charge in [0.25, 0.3) is 0 Å². The molecule has 9 heteroatoms. The lowest BCUT2D eigenvalue weighted by molar-refractivity contribution is -0.146. The van der Waals surface area contributed by atoms with Gasteiger partial charge in [0.1, 0.15) is 16.7 Å². The van der Waals surface area contributed by atoms with Crippen LogP contribution in [0.15, 0.2) is 45.7 Å². The summed E-state index contributed by atoms with van der Waals surface area (Å²) >= 11 is 0. The standard InChI is InChI=1S/C17H9F4N3O2/c1-24-14-13(23-16(24)17(19,20)21)9(18)6-8-11(25)7-12(26-15(8)14)10-4-2-3-5-22-10/h2-7H,1H3. The fraction of sp³-hybridized carbons (Fsp3) is 0.118. The van der Waals surface area contributed by atoms with Crippen molar-refractivity contribution in [1.29, 1.82) is 0 Å². The van der Waals surface area contributed by atoms with Crippen molar-refractivity contribution in [3.05, 3.63) is 58.4 Å².